The second-order valence-electron chi connectivity index (χ2n) is 15.6. The minimum Gasteiger partial charge on any atom is -0.456 e. The van der Waals surface area contributed by atoms with Crippen molar-refractivity contribution < 1.29 is 4.42 Å². The Hall–Kier alpha value is -7.42. The molecule has 58 heavy (non-hydrogen) atoms. The summed E-state index contributed by atoms with van der Waals surface area (Å²) in [5.41, 5.74) is 20.6. The van der Waals surface area contributed by atoms with Gasteiger partial charge in [0.25, 0.3) is 0 Å². The molecule has 0 N–H and O–H groups in total. The zero-order chi connectivity index (χ0) is 38.4. The van der Waals surface area contributed by atoms with Crippen LogP contribution in [0.3, 0.4) is 0 Å². The van der Waals surface area contributed by atoms with Gasteiger partial charge in [0.15, 0.2) is 0 Å². The van der Waals surface area contributed by atoms with Gasteiger partial charge in [-0.15, -0.1) is 0 Å². The first-order valence-corrected chi connectivity index (χ1v) is 20.1. The van der Waals surface area contributed by atoms with E-state index in [1.165, 1.54) is 66.9 Å². The van der Waals surface area contributed by atoms with Crippen LogP contribution < -0.4 is 4.90 Å². The number of anilines is 2. The molecule has 4 aliphatic rings. The number of rotatable bonds is 5. The van der Waals surface area contributed by atoms with Gasteiger partial charge >= 0.3 is 0 Å². The highest BCUT2D eigenvalue weighted by Gasteiger charge is 2.51. The molecule has 2 heteroatoms. The SMILES string of the molecule is Cc1cccc(-c2ccccc2)c1N(C1=CC=C2C(=Cc3ccccc32)C12C=CC=C1C2=Cc2ccccc21)c1ccccc1-c1cccc2oc3ccccc3c12. The number of furan rings is 1. The first-order chi connectivity index (χ1) is 28.7. The lowest BCUT2D eigenvalue weighted by molar-refractivity contribution is 0.669. The first-order valence-electron chi connectivity index (χ1n) is 20.1. The second-order valence-corrected chi connectivity index (χ2v) is 15.6. The molecule has 12 rings (SSSR count). The lowest BCUT2D eigenvalue weighted by Gasteiger charge is -2.47. The Morgan fingerprint density at radius 3 is 1.88 bits per heavy atom. The molecule has 1 spiro atoms. The summed E-state index contributed by atoms with van der Waals surface area (Å²) in [5.74, 6) is 0. The number of hydrogen-bond acceptors (Lipinski definition) is 2. The van der Waals surface area contributed by atoms with E-state index >= 15 is 0 Å². The third-order valence-corrected chi connectivity index (χ3v) is 12.6. The molecule has 0 amide bonds. The molecule has 4 aliphatic carbocycles. The number of fused-ring (bicyclic) bond motifs is 11. The molecule has 0 fully saturated rings. The Kier molecular flexibility index (Phi) is 7.09. The molecule has 7 aromatic carbocycles. The highest BCUT2D eigenvalue weighted by atomic mass is 16.3. The fourth-order valence-electron chi connectivity index (χ4n) is 10.1. The molecule has 0 saturated carbocycles. The van der Waals surface area contributed by atoms with Gasteiger partial charge in [0.2, 0.25) is 0 Å². The standard InChI is InChI=1S/C56H37NO/c1-36-16-13-25-42(37-17-3-2-4-18-37)55(36)57(50-28-11-9-23-45(50)46-26-14-30-52-54(46)47-24-10-12-29-51(47)58-52)53-32-31-44-41-22-8-6-20-39(41)35-49(44)56(53)33-15-27-43-40-21-7-5-19-38(40)34-48(43)56/h2-35H,1H3. The van der Waals surface area contributed by atoms with Crippen LogP contribution in [0.5, 0.6) is 0 Å². The van der Waals surface area contributed by atoms with E-state index in [1.807, 2.05) is 6.07 Å². The van der Waals surface area contributed by atoms with Crippen LogP contribution in [0.15, 0.2) is 215 Å². The third-order valence-electron chi connectivity index (χ3n) is 12.6. The van der Waals surface area contributed by atoms with Crippen LogP contribution in [0.25, 0.3) is 67.5 Å². The van der Waals surface area contributed by atoms with Crippen molar-refractivity contribution in [3.8, 4) is 22.3 Å². The molecule has 0 radical (unpaired) electrons. The van der Waals surface area contributed by atoms with Crippen LogP contribution in [-0.2, 0) is 0 Å². The van der Waals surface area contributed by atoms with E-state index in [2.05, 4.69) is 212 Å². The molecule has 1 heterocycles. The molecule has 1 atom stereocenters. The van der Waals surface area contributed by atoms with Crippen molar-refractivity contribution in [3.05, 3.63) is 239 Å². The summed E-state index contributed by atoms with van der Waals surface area (Å²) in [4.78, 5) is 2.60. The highest BCUT2D eigenvalue weighted by Crippen LogP contribution is 2.64. The summed E-state index contributed by atoms with van der Waals surface area (Å²) in [6, 6.07) is 59.1. The van der Waals surface area contributed by atoms with Crippen molar-refractivity contribution >= 4 is 56.6 Å². The number of aryl methyl sites for hydroxylation is 1. The molecular weight excluding hydrogens is 703 g/mol. The molecular formula is C56H37NO. The molecule has 1 unspecified atom stereocenters. The number of benzene rings is 7. The quantitative estimate of drug-likeness (QED) is 0.175. The smallest absolute Gasteiger partial charge is 0.136 e. The monoisotopic (exact) mass is 739 g/mol. The molecule has 8 aromatic rings. The van der Waals surface area contributed by atoms with Crippen LogP contribution in [0.1, 0.15) is 27.8 Å². The fourth-order valence-corrected chi connectivity index (χ4v) is 10.1. The van der Waals surface area contributed by atoms with Gasteiger partial charge in [0, 0.05) is 27.6 Å². The van der Waals surface area contributed by atoms with Gasteiger partial charge in [-0.1, -0.05) is 170 Å². The van der Waals surface area contributed by atoms with Crippen molar-refractivity contribution in [2.24, 2.45) is 5.41 Å². The van der Waals surface area contributed by atoms with Crippen molar-refractivity contribution in [2.45, 2.75) is 6.92 Å². The minimum absolute atomic E-state index is 0.635. The van der Waals surface area contributed by atoms with E-state index in [9.17, 15) is 0 Å². The van der Waals surface area contributed by atoms with E-state index in [0.717, 1.165) is 44.4 Å². The van der Waals surface area contributed by atoms with Gasteiger partial charge in [-0.25, -0.2) is 0 Å². The Morgan fingerprint density at radius 2 is 1.09 bits per heavy atom. The Bertz CT molecular complexity index is 3210. The van der Waals surface area contributed by atoms with Crippen molar-refractivity contribution in [2.75, 3.05) is 4.90 Å². The summed E-state index contributed by atoms with van der Waals surface area (Å²) in [7, 11) is 0. The van der Waals surface area contributed by atoms with Crippen molar-refractivity contribution in [1.29, 1.82) is 0 Å². The predicted octanol–water partition coefficient (Wildman–Crippen LogP) is 14.8. The van der Waals surface area contributed by atoms with E-state index in [0.29, 0.717) is 0 Å². The lowest BCUT2D eigenvalue weighted by Crippen LogP contribution is -2.37. The maximum atomic E-state index is 6.50. The average molecular weight is 740 g/mol. The van der Waals surface area contributed by atoms with Crippen LogP contribution in [0.4, 0.5) is 11.4 Å². The van der Waals surface area contributed by atoms with E-state index in [1.54, 1.807) is 0 Å². The molecule has 0 aliphatic heterocycles. The number of para-hydroxylation sites is 3. The maximum Gasteiger partial charge on any atom is 0.136 e. The molecule has 0 saturated heterocycles. The van der Waals surface area contributed by atoms with Gasteiger partial charge in [0.1, 0.15) is 11.2 Å². The molecule has 2 nitrogen and oxygen atoms in total. The Morgan fingerprint density at radius 1 is 0.483 bits per heavy atom. The normalized spacial score (nSPS) is 17.2. The van der Waals surface area contributed by atoms with Gasteiger partial charge in [-0.3, -0.25) is 0 Å². The maximum absolute atomic E-state index is 6.50. The van der Waals surface area contributed by atoms with Gasteiger partial charge in [0.05, 0.1) is 16.8 Å². The summed E-state index contributed by atoms with van der Waals surface area (Å²) in [6.45, 7) is 2.26. The van der Waals surface area contributed by atoms with Crippen LogP contribution in [0, 0.1) is 12.3 Å². The zero-order valence-corrected chi connectivity index (χ0v) is 32.0. The second kappa shape index (κ2) is 12.5. The minimum atomic E-state index is -0.635. The largest absolute Gasteiger partial charge is 0.456 e. The molecule has 0 bridgehead atoms. The third kappa shape index (κ3) is 4.60. The van der Waals surface area contributed by atoms with E-state index in [4.69, 9.17) is 4.42 Å². The highest BCUT2D eigenvalue weighted by molar-refractivity contribution is 6.14. The first kappa shape index (κ1) is 32.8. The summed E-state index contributed by atoms with van der Waals surface area (Å²) < 4.78 is 6.50. The van der Waals surface area contributed by atoms with Crippen molar-refractivity contribution in [3.63, 3.8) is 0 Å². The van der Waals surface area contributed by atoms with Gasteiger partial charge < -0.3 is 9.32 Å². The lowest BCUT2D eigenvalue weighted by atomic mass is 9.63. The van der Waals surface area contributed by atoms with Crippen LogP contribution in [-0.4, -0.2) is 0 Å². The van der Waals surface area contributed by atoms with E-state index in [-0.39, 0.29) is 0 Å². The van der Waals surface area contributed by atoms with Crippen LogP contribution in [0.2, 0.25) is 0 Å². The predicted molar refractivity (Wildman–Crippen MR) is 242 cm³/mol. The number of allylic oxidation sites excluding steroid dienone is 7. The van der Waals surface area contributed by atoms with E-state index < -0.39 is 5.41 Å². The summed E-state index contributed by atoms with van der Waals surface area (Å²) >= 11 is 0. The molecule has 272 valence electrons. The number of hydrogen-bond donors (Lipinski definition) is 0. The Labute approximate surface area is 338 Å². The summed E-state index contributed by atoms with van der Waals surface area (Å²) in [5, 5.41) is 2.24. The topological polar surface area (TPSA) is 16.4 Å². The number of nitrogens with zero attached hydrogens (tertiary/aromatic N) is 1. The van der Waals surface area contributed by atoms with Crippen LogP contribution >= 0.6 is 0 Å². The fraction of sp³-hybridized carbons (Fsp3) is 0.0357. The zero-order valence-electron chi connectivity index (χ0n) is 32.0. The van der Waals surface area contributed by atoms with Crippen molar-refractivity contribution in [1.82, 2.24) is 0 Å². The molecule has 1 aromatic heterocycles. The van der Waals surface area contributed by atoms with Gasteiger partial charge in [-0.05, 0) is 105 Å². The summed E-state index contributed by atoms with van der Waals surface area (Å²) in [6.07, 6.45) is 16.8. The van der Waals surface area contributed by atoms with Gasteiger partial charge in [-0.2, -0.15) is 0 Å². The average Bonchev–Trinajstić information content (AvgIpc) is 3.98. The Balaban J connectivity index is 1.20.